The minimum Gasteiger partial charge on any atom is -0.450 e. The molecule has 7 nitrogen and oxygen atoms in total. The number of nitrogens with one attached hydrogen (secondary N) is 2. The maximum Gasteiger partial charge on any atom is 0.409 e. The number of benzene rings is 1. The van der Waals surface area contributed by atoms with Gasteiger partial charge in [0.1, 0.15) is 0 Å². The first-order valence-corrected chi connectivity index (χ1v) is 11.8. The van der Waals surface area contributed by atoms with E-state index in [2.05, 4.69) is 51.7 Å². The van der Waals surface area contributed by atoms with Crippen molar-refractivity contribution in [2.45, 2.75) is 58.7 Å². The van der Waals surface area contributed by atoms with Crippen LogP contribution in [0.15, 0.2) is 29.3 Å². The van der Waals surface area contributed by atoms with E-state index in [4.69, 9.17) is 4.74 Å². The van der Waals surface area contributed by atoms with Gasteiger partial charge in [-0.25, -0.2) is 4.79 Å². The molecule has 2 N–H and O–H groups in total. The van der Waals surface area contributed by atoms with Crippen LogP contribution >= 0.6 is 0 Å². The van der Waals surface area contributed by atoms with E-state index in [-0.39, 0.29) is 6.09 Å². The first kappa shape index (κ1) is 23.4. The van der Waals surface area contributed by atoms with E-state index in [0.717, 1.165) is 37.8 Å². The van der Waals surface area contributed by atoms with Crippen molar-refractivity contribution < 1.29 is 9.53 Å². The van der Waals surface area contributed by atoms with Gasteiger partial charge in [0.2, 0.25) is 0 Å². The van der Waals surface area contributed by atoms with E-state index in [1.54, 1.807) is 11.9 Å². The summed E-state index contributed by atoms with van der Waals surface area (Å²) in [4.78, 5) is 20.6. The van der Waals surface area contributed by atoms with Gasteiger partial charge in [-0.1, -0.05) is 31.2 Å². The number of piperidine rings is 2. The summed E-state index contributed by atoms with van der Waals surface area (Å²) in [5.41, 5.74) is 2.63. The van der Waals surface area contributed by atoms with E-state index < -0.39 is 0 Å². The summed E-state index contributed by atoms with van der Waals surface area (Å²) in [5, 5.41) is 6.91. The number of carbonyl (C=O) groups excluding carboxylic acids is 1. The molecule has 0 radical (unpaired) electrons. The van der Waals surface area contributed by atoms with Crippen LogP contribution in [-0.2, 0) is 17.8 Å². The summed E-state index contributed by atoms with van der Waals surface area (Å²) in [6.45, 7) is 10.3. The van der Waals surface area contributed by atoms with Gasteiger partial charge < -0.3 is 20.3 Å². The summed E-state index contributed by atoms with van der Waals surface area (Å²) >= 11 is 0. The summed E-state index contributed by atoms with van der Waals surface area (Å²) in [5.74, 6) is 1.62. The Labute approximate surface area is 187 Å². The van der Waals surface area contributed by atoms with E-state index >= 15 is 0 Å². The second kappa shape index (κ2) is 11.9. The Morgan fingerprint density at radius 3 is 2.48 bits per heavy atom. The number of guanidine groups is 1. The lowest BCUT2D eigenvalue weighted by atomic mass is 9.99. The number of aliphatic imine (C=N–C) groups is 1. The normalized spacial score (nSPS) is 21.1. The van der Waals surface area contributed by atoms with Gasteiger partial charge in [0.25, 0.3) is 0 Å². The molecule has 0 aromatic heterocycles. The molecule has 1 aromatic rings. The van der Waals surface area contributed by atoms with Crippen LogP contribution in [0, 0.1) is 5.92 Å². The van der Waals surface area contributed by atoms with Crippen LogP contribution in [0.4, 0.5) is 4.79 Å². The molecule has 0 aliphatic carbocycles. The van der Waals surface area contributed by atoms with Crippen LogP contribution in [0.5, 0.6) is 0 Å². The summed E-state index contributed by atoms with van der Waals surface area (Å²) in [7, 11) is 1.80. The molecule has 31 heavy (non-hydrogen) atoms. The molecule has 2 fully saturated rings. The molecule has 172 valence electrons. The van der Waals surface area contributed by atoms with Crippen LogP contribution in [0.1, 0.15) is 50.7 Å². The minimum atomic E-state index is -0.207. The summed E-state index contributed by atoms with van der Waals surface area (Å²) < 4.78 is 5.09. The van der Waals surface area contributed by atoms with Gasteiger partial charge in [-0.2, -0.15) is 0 Å². The summed E-state index contributed by atoms with van der Waals surface area (Å²) in [6.07, 6.45) is 4.26. The van der Waals surface area contributed by atoms with Crippen molar-refractivity contribution in [3.63, 3.8) is 0 Å². The van der Waals surface area contributed by atoms with Crippen molar-refractivity contribution in [1.82, 2.24) is 20.4 Å². The lowest BCUT2D eigenvalue weighted by Gasteiger charge is -2.32. The lowest BCUT2D eigenvalue weighted by Crippen LogP contribution is -2.49. The molecule has 3 rings (SSSR count). The second-order valence-electron chi connectivity index (χ2n) is 8.83. The first-order chi connectivity index (χ1) is 15.1. The molecule has 2 aliphatic heterocycles. The number of ether oxygens (including phenoxy) is 1. The highest BCUT2D eigenvalue weighted by molar-refractivity contribution is 5.80. The molecule has 1 amide bonds. The van der Waals surface area contributed by atoms with Crippen molar-refractivity contribution >= 4 is 12.1 Å². The number of hydrogen-bond donors (Lipinski definition) is 2. The molecule has 1 aromatic carbocycles. The monoisotopic (exact) mass is 429 g/mol. The van der Waals surface area contributed by atoms with Crippen LogP contribution in [0.2, 0.25) is 0 Å². The zero-order valence-corrected chi connectivity index (χ0v) is 19.4. The van der Waals surface area contributed by atoms with Gasteiger partial charge in [-0.05, 0) is 56.2 Å². The first-order valence-electron chi connectivity index (χ1n) is 11.8. The molecule has 2 aliphatic rings. The van der Waals surface area contributed by atoms with Crippen molar-refractivity contribution in [1.29, 1.82) is 0 Å². The third kappa shape index (κ3) is 7.42. The number of likely N-dealkylation sites (tertiary alicyclic amines) is 2. The average molecular weight is 430 g/mol. The standard InChI is InChI=1S/C24H39N5O2/c1-4-31-24(30)29-14-11-22(12-15-29)27-23(25-3)26-16-20-7-9-21(10-8-20)18-28-13-5-6-19(2)17-28/h7-10,19,22H,4-6,11-18H2,1-3H3,(H2,25,26,27). The fraction of sp³-hybridized carbons (Fsp3) is 0.667. The quantitative estimate of drug-likeness (QED) is 0.537. The van der Waals surface area contributed by atoms with Crippen LogP contribution in [0.25, 0.3) is 0 Å². The van der Waals surface area contributed by atoms with Crippen molar-refractivity contribution in [3.05, 3.63) is 35.4 Å². The van der Waals surface area contributed by atoms with Crippen LogP contribution < -0.4 is 10.6 Å². The predicted octanol–water partition coefficient (Wildman–Crippen LogP) is 3.20. The highest BCUT2D eigenvalue weighted by Crippen LogP contribution is 2.18. The van der Waals surface area contributed by atoms with Crippen molar-refractivity contribution in [2.24, 2.45) is 10.9 Å². The fourth-order valence-corrected chi connectivity index (χ4v) is 4.45. The maximum atomic E-state index is 11.8. The zero-order valence-electron chi connectivity index (χ0n) is 19.4. The van der Waals surface area contributed by atoms with E-state index in [0.29, 0.717) is 25.7 Å². The maximum absolute atomic E-state index is 11.8. The zero-order chi connectivity index (χ0) is 22.1. The summed E-state index contributed by atoms with van der Waals surface area (Å²) in [6, 6.07) is 9.22. The molecule has 1 atom stereocenters. The van der Waals surface area contributed by atoms with Gasteiger partial charge >= 0.3 is 6.09 Å². The predicted molar refractivity (Wildman–Crippen MR) is 125 cm³/mol. The van der Waals surface area contributed by atoms with E-state index in [1.807, 2.05) is 6.92 Å². The Kier molecular flexibility index (Phi) is 9.00. The van der Waals surface area contributed by atoms with Gasteiger partial charge in [0.15, 0.2) is 5.96 Å². The Hall–Kier alpha value is -2.28. The van der Waals surface area contributed by atoms with Crippen LogP contribution in [-0.4, -0.2) is 67.7 Å². The van der Waals surface area contributed by atoms with Crippen LogP contribution in [0.3, 0.4) is 0 Å². The molecular weight excluding hydrogens is 390 g/mol. The molecule has 2 heterocycles. The molecule has 2 saturated heterocycles. The molecule has 1 unspecified atom stereocenters. The third-order valence-corrected chi connectivity index (χ3v) is 6.22. The highest BCUT2D eigenvalue weighted by Gasteiger charge is 2.24. The minimum absolute atomic E-state index is 0.207. The topological polar surface area (TPSA) is 69.2 Å². The van der Waals surface area contributed by atoms with Gasteiger partial charge in [0.05, 0.1) is 6.61 Å². The Balaban J connectivity index is 1.40. The number of nitrogens with zero attached hydrogens (tertiary/aromatic N) is 3. The number of hydrogen-bond acceptors (Lipinski definition) is 4. The molecule has 0 saturated carbocycles. The highest BCUT2D eigenvalue weighted by atomic mass is 16.6. The van der Waals surface area contributed by atoms with Gasteiger partial charge in [-0.3, -0.25) is 9.89 Å². The molecule has 7 heteroatoms. The SMILES string of the molecule is CCOC(=O)N1CCC(NC(=NC)NCc2ccc(CN3CCCC(C)C3)cc2)CC1. The van der Waals surface area contributed by atoms with Gasteiger partial charge in [-0.15, -0.1) is 0 Å². The Morgan fingerprint density at radius 1 is 1.13 bits per heavy atom. The molecule has 0 spiro atoms. The smallest absolute Gasteiger partial charge is 0.409 e. The largest absolute Gasteiger partial charge is 0.450 e. The molecular formula is C24H39N5O2. The Bertz CT molecular complexity index is 713. The second-order valence-corrected chi connectivity index (χ2v) is 8.83. The lowest BCUT2D eigenvalue weighted by molar-refractivity contribution is 0.0963. The number of carbonyl (C=O) groups is 1. The fourth-order valence-electron chi connectivity index (χ4n) is 4.45. The molecule has 0 bridgehead atoms. The number of amides is 1. The Morgan fingerprint density at radius 2 is 1.84 bits per heavy atom. The van der Waals surface area contributed by atoms with Crippen molar-refractivity contribution in [2.75, 3.05) is 39.8 Å². The van der Waals surface area contributed by atoms with E-state index in [1.165, 1.54) is 37.1 Å². The van der Waals surface area contributed by atoms with Gasteiger partial charge in [0, 0.05) is 45.8 Å². The third-order valence-electron chi connectivity index (χ3n) is 6.22. The number of rotatable bonds is 6. The average Bonchev–Trinajstić information content (AvgIpc) is 2.78. The van der Waals surface area contributed by atoms with E-state index in [9.17, 15) is 4.79 Å². The van der Waals surface area contributed by atoms with Crippen molar-refractivity contribution in [3.8, 4) is 0 Å².